The summed E-state index contributed by atoms with van der Waals surface area (Å²) in [7, 11) is 4.45. The van der Waals surface area contributed by atoms with E-state index in [2.05, 4.69) is 4.98 Å². The maximum Gasteiger partial charge on any atom is 0.332 e. The van der Waals surface area contributed by atoms with Gasteiger partial charge in [0.25, 0.3) is 5.56 Å². The zero-order chi connectivity index (χ0) is 16.6. The number of rotatable bonds is 4. The predicted octanol–water partition coefficient (Wildman–Crippen LogP) is -1.35. The van der Waals surface area contributed by atoms with Gasteiger partial charge in [0.15, 0.2) is 16.9 Å². The van der Waals surface area contributed by atoms with Crippen LogP contribution in [0.1, 0.15) is 12.7 Å². The van der Waals surface area contributed by atoms with Gasteiger partial charge in [0.1, 0.15) is 18.9 Å². The molecule has 0 N–H and O–H groups in total. The predicted molar refractivity (Wildman–Crippen MR) is 76.5 cm³/mol. The van der Waals surface area contributed by atoms with Gasteiger partial charge in [-0.2, -0.15) is 0 Å². The second-order valence-corrected chi connectivity index (χ2v) is 5.00. The van der Waals surface area contributed by atoms with Crippen LogP contribution in [0.5, 0.6) is 0 Å². The monoisotopic (exact) mass is 308 g/mol. The molecule has 0 amide bonds. The average Bonchev–Trinajstić information content (AvgIpc) is 2.78. The number of fused-ring (bicyclic) bond motifs is 1. The number of ether oxygens (including phenoxy) is 1. The molecule has 0 atom stereocenters. The molecule has 0 aliphatic carbocycles. The van der Waals surface area contributed by atoms with Crippen molar-refractivity contribution >= 4 is 22.9 Å². The minimum absolute atomic E-state index is 0.199. The lowest BCUT2D eigenvalue weighted by molar-refractivity contribution is -0.146. The molecule has 0 radical (unpaired) electrons. The molecule has 0 fully saturated rings. The fourth-order valence-corrected chi connectivity index (χ4v) is 2.08. The molecule has 22 heavy (non-hydrogen) atoms. The second-order valence-electron chi connectivity index (χ2n) is 5.00. The van der Waals surface area contributed by atoms with Crippen LogP contribution in [0.15, 0.2) is 9.59 Å². The quantitative estimate of drug-likeness (QED) is 0.646. The third-order valence-electron chi connectivity index (χ3n) is 3.31. The number of carbonyl (C=O) groups excluding carboxylic acids is 2. The highest BCUT2D eigenvalue weighted by Gasteiger charge is 2.19. The van der Waals surface area contributed by atoms with E-state index in [1.807, 2.05) is 0 Å². The first-order valence-corrected chi connectivity index (χ1v) is 6.50. The van der Waals surface area contributed by atoms with Crippen molar-refractivity contribution in [1.82, 2.24) is 18.7 Å². The molecule has 118 valence electrons. The SMILES string of the molecule is CC(=O)COC(=O)Cc1nc2c(c(=O)n(C)c(=O)n2C)n1C. The molecule has 0 aromatic carbocycles. The first-order valence-electron chi connectivity index (χ1n) is 6.50. The highest BCUT2D eigenvalue weighted by molar-refractivity contribution is 5.81. The standard InChI is InChI=1S/C13H16N4O5/c1-7(18)6-22-9(19)5-8-14-11-10(15(8)2)12(20)17(4)13(21)16(11)3/h5-6H2,1-4H3. The van der Waals surface area contributed by atoms with Crippen molar-refractivity contribution in [3.63, 3.8) is 0 Å². The van der Waals surface area contributed by atoms with E-state index in [1.165, 1.54) is 30.2 Å². The Labute approximate surface area is 124 Å². The van der Waals surface area contributed by atoms with Gasteiger partial charge in [0.2, 0.25) is 0 Å². The largest absolute Gasteiger partial charge is 0.457 e. The lowest BCUT2D eigenvalue weighted by Gasteiger charge is -2.04. The maximum absolute atomic E-state index is 12.2. The number of imidazole rings is 1. The molecular formula is C13H16N4O5. The van der Waals surface area contributed by atoms with Crippen molar-refractivity contribution in [2.75, 3.05) is 6.61 Å². The zero-order valence-corrected chi connectivity index (χ0v) is 12.7. The Balaban J connectivity index is 2.48. The van der Waals surface area contributed by atoms with E-state index in [1.54, 1.807) is 7.05 Å². The molecule has 2 heterocycles. The van der Waals surface area contributed by atoms with E-state index in [0.29, 0.717) is 0 Å². The van der Waals surface area contributed by atoms with E-state index in [-0.39, 0.29) is 35.8 Å². The van der Waals surface area contributed by atoms with Crippen LogP contribution in [0.25, 0.3) is 11.2 Å². The molecule has 9 nitrogen and oxygen atoms in total. The Hall–Kier alpha value is -2.71. The Morgan fingerprint density at radius 3 is 2.32 bits per heavy atom. The number of hydrogen-bond donors (Lipinski definition) is 0. The normalized spacial score (nSPS) is 10.9. The summed E-state index contributed by atoms with van der Waals surface area (Å²) in [6.07, 6.45) is -0.199. The van der Waals surface area contributed by atoms with Crippen LogP contribution >= 0.6 is 0 Å². The van der Waals surface area contributed by atoms with E-state index in [9.17, 15) is 19.2 Å². The van der Waals surface area contributed by atoms with Gasteiger partial charge in [-0.3, -0.25) is 23.5 Å². The summed E-state index contributed by atoms with van der Waals surface area (Å²) in [5, 5.41) is 0. The Morgan fingerprint density at radius 1 is 1.09 bits per heavy atom. The minimum Gasteiger partial charge on any atom is -0.457 e. The summed E-state index contributed by atoms with van der Waals surface area (Å²) in [4.78, 5) is 50.7. The molecule has 0 saturated heterocycles. The third kappa shape index (κ3) is 2.57. The summed E-state index contributed by atoms with van der Waals surface area (Å²) >= 11 is 0. The van der Waals surface area contributed by atoms with E-state index < -0.39 is 17.2 Å². The summed E-state index contributed by atoms with van der Waals surface area (Å²) in [6, 6.07) is 0. The number of carbonyl (C=O) groups is 2. The van der Waals surface area contributed by atoms with Gasteiger partial charge in [-0.1, -0.05) is 0 Å². The van der Waals surface area contributed by atoms with Crippen LogP contribution in [0.2, 0.25) is 0 Å². The topological polar surface area (TPSA) is 105 Å². The molecular weight excluding hydrogens is 292 g/mol. The molecule has 0 spiro atoms. The zero-order valence-electron chi connectivity index (χ0n) is 12.7. The molecule has 2 aromatic heterocycles. The van der Waals surface area contributed by atoms with Crippen LogP contribution < -0.4 is 11.2 Å². The fourth-order valence-electron chi connectivity index (χ4n) is 2.08. The number of aromatic nitrogens is 4. The lowest BCUT2D eigenvalue weighted by Crippen LogP contribution is -2.37. The molecule has 9 heteroatoms. The summed E-state index contributed by atoms with van der Waals surface area (Å²) in [6.45, 7) is 1.00. The van der Waals surface area contributed by atoms with Gasteiger partial charge >= 0.3 is 11.7 Å². The van der Waals surface area contributed by atoms with Crippen molar-refractivity contribution < 1.29 is 14.3 Å². The van der Waals surface area contributed by atoms with Crippen molar-refractivity contribution in [1.29, 1.82) is 0 Å². The van der Waals surface area contributed by atoms with Crippen LogP contribution in [-0.2, 0) is 41.9 Å². The van der Waals surface area contributed by atoms with Crippen LogP contribution in [0, 0.1) is 0 Å². The van der Waals surface area contributed by atoms with Crippen molar-refractivity contribution in [3.8, 4) is 0 Å². The van der Waals surface area contributed by atoms with Gasteiger partial charge in [-0.25, -0.2) is 9.78 Å². The highest BCUT2D eigenvalue weighted by Crippen LogP contribution is 2.09. The summed E-state index contributed by atoms with van der Waals surface area (Å²) in [5.74, 6) is -0.619. The van der Waals surface area contributed by atoms with Gasteiger partial charge < -0.3 is 9.30 Å². The fraction of sp³-hybridized carbons (Fsp3) is 0.462. The number of nitrogens with zero attached hydrogens (tertiary/aromatic N) is 4. The van der Waals surface area contributed by atoms with Crippen LogP contribution in [0.4, 0.5) is 0 Å². The summed E-state index contributed by atoms with van der Waals surface area (Å²) in [5.41, 5.74) is -0.568. The smallest absolute Gasteiger partial charge is 0.332 e. The number of aryl methyl sites for hydroxylation is 2. The molecule has 0 saturated carbocycles. The Kier molecular flexibility index (Phi) is 3.98. The van der Waals surface area contributed by atoms with Crippen molar-refractivity contribution in [2.45, 2.75) is 13.3 Å². The molecule has 0 unspecified atom stereocenters. The molecule has 2 rings (SSSR count). The minimum atomic E-state index is -0.629. The second kappa shape index (κ2) is 5.58. The number of esters is 1. The number of ketones is 1. The first kappa shape index (κ1) is 15.7. The number of hydrogen-bond acceptors (Lipinski definition) is 6. The Bertz CT molecular complexity index is 886. The maximum atomic E-state index is 12.2. The van der Waals surface area contributed by atoms with E-state index in [0.717, 1.165) is 4.57 Å². The third-order valence-corrected chi connectivity index (χ3v) is 3.31. The summed E-state index contributed by atoms with van der Waals surface area (Å²) < 4.78 is 8.43. The van der Waals surface area contributed by atoms with E-state index in [4.69, 9.17) is 4.74 Å². The van der Waals surface area contributed by atoms with Crippen LogP contribution in [-0.4, -0.2) is 37.0 Å². The molecule has 2 aromatic rings. The van der Waals surface area contributed by atoms with Crippen molar-refractivity contribution in [2.24, 2.45) is 21.1 Å². The molecule has 0 aliphatic rings. The van der Waals surface area contributed by atoms with Crippen LogP contribution in [0.3, 0.4) is 0 Å². The molecule has 0 bridgehead atoms. The lowest BCUT2D eigenvalue weighted by atomic mass is 10.4. The van der Waals surface area contributed by atoms with Gasteiger partial charge in [-0.05, 0) is 6.92 Å². The van der Waals surface area contributed by atoms with Crippen molar-refractivity contribution in [3.05, 3.63) is 26.7 Å². The highest BCUT2D eigenvalue weighted by atomic mass is 16.5. The van der Waals surface area contributed by atoms with Gasteiger partial charge in [0.05, 0.1) is 0 Å². The Morgan fingerprint density at radius 2 is 1.73 bits per heavy atom. The first-order chi connectivity index (χ1) is 10.2. The number of Topliss-reactive ketones (excluding diaryl/α,β-unsaturated/α-hetero) is 1. The average molecular weight is 308 g/mol. The van der Waals surface area contributed by atoms with Gasteiger partial charge in [-0.15, -0.1) is 0 Å². The van der Waals surface area contributed by atoms with Gasteiger partial charge in [0, 0.05) is 21.1 Å². The van der Waals surface area contributed by atoms with E-state index >= 15 is 0 Å². The molecule has 0 aliphatic heterocycles.